The molecule has 2 amide bonds. The van der Waals surface area contributed by atoms with Crippen LogP contribution in [0.1, 0.15) is 58.0 Å². The summed E-state index contributed by atoms with van der Waals surface area (Å²) >= 11 is 12.4. The van der Waals surface area contributed by atoms with Gasteiger partial charge in [0.1, 0.15) is 22.6 Å². The number of hydrogen-bond donors (Lipinski definition) is 2. The second-order valence-corrected chi connectivity index (χ2v) is 12.4. The van der Waals surface area contributed by atoms with E-state index in [-0.39, 0.29) is 61.9 Å². The Morgan fingerprint density at radius 1 is 0.731 bits per heavy atom. The number of amides is 2. The molecule has 6 rings (SSSR count). The Morgan fingerprint density at radius 2 is 1.19 bits per heavy atom. The van der Waals surface area contributed by atoms with Crippen LogP contribution in [0.2, 0.25) is 10.0 Å². The number of aromatic hydroxyl groups is 2. The number of fused-ring (bicyclic) bond motifs is 2. The Hall–Kier alpha value is -5.58. The quantitative estimate of drug-likeness (QED) is 0.180. The van der Waals surface area contributed by atoms with Gasteiger partial charge in [0.05, 0.1) is 37.3 Å². The average molecular weight is 751 g/mol. The third-order valence-corrected chi connectivity index (χ3v) is 8.92. The molecule has 0 unspecified atom stereocenters. The third kappa shape index (κ3) is 6.87. The highest BCUT2D eigenvalue weighted by molar-refractivity contribution is 6.36. The van der Waals surface area contributed by atoms with Crippen molar-refractivity contribution >= 4 is 68.2 Å². The van der Waals surface area contributed by atoms with Crippen molar-refractivity contribution < 1.29 is 32.1 Å². The molecule has 2 aromatic heterocycles. The molecule has 6 aromatic rings. The van der Waals surface area contributed by atoms with Crippen LogP contribution in [0.5, 0.6) is 11.5 Å². The smallest absolute Gasteiger partial charge is 0.267 e. The first-order valence-corrected chi connectivity index (χ1v) is 16.4. The molecule has 0 aliphatic heterocycles. The minimum Gasteiger partial charge on any atom is -0.506 e. The van der Waals surface area contributed by atoms with Gasteiger partial charge in [-0.2, -0.15) is 0 Å². The summed E-state index contributed by atoms with van der Waals surface area (Å²) in [5, 5.41) is 22.0. The standard InChI is InChI=1S/2C20H19ClN2O3/c2*1-4-23(13-10-8-12(2)9-11-13)20(26)17-18(24)16-14(21)6-5-7-15(16)22(3)19(17)25/h2*5-11,24H,4H2,1-3H3/i8D,9D,10D,11D;1D3,4D2. The van der Waals surface area contributed by atoms with Crippen LogP contribution in [0.3, 0.4) is 0 Å². The molecule has 0 fully saturated rings. The predicted molar refractivity (Wildman–Crippen MR) is 209 cm³/mol. The second-order valence-electron chi connectivity index (χ2n) is 11.6. The topological polar surface area (TPSA) is 125 Å². The largest absolute Gasteiger partial charge is 0.506 e. The van der Waals surface area contributed by atoms with E-state index >= 15 is 0 Å². The number of rotatable bonds is 6. The number of hydrogen-bond acceptors (Lipinski definition) is 6. The summed E-state index contributed by atoms with van der Waals surface area (Å²) in [5.41, 5.74) is -1.84. The number of aromatic nitrogens is 2. The van der Waals surface area contributed by atoms with Crippen molar-refractivity contribution in [3.8, 4) is 11.5 Å². The maximum Gasteiger partial charge on any atom is 0.267 e. The summed E-state index contributed by atoms with van der Waals surface area (Å²) in [6.45, 7) is -1.70. The molecule has 0 radical (unpaired) electrons. The number of aryl methyl sites for hydroxylation is 3. The van der Waals surface area contributed by atoms with Crippen molar-refractivity contribution in [1.29, 1.82) is 0 Å². The number of carbonyl (C=O) groups is 2. The summed E-state index contributed by atoms with van der Waals surface area (Å²) in [4.78, 5) is 54.1. The molecule has 10 nitrogen and oxygen atoms in total. The molecule has 0 spiro atoms. The van der Waals surface area contributed by atoms with Crippen molar-refractivity contribution in [3.63, 3.8) is 0 Å². The summed E-state index contributed by atoms with van der Waals surface area (Å²) < 4.78 is 74.1. The molecule has 0 aliphatic rings. The molecule has 4 aromatic carbocycles. The molecule has 0 atom stereocenters. The zero-order valence-corrected chi connectivity index (χ0v) is 30.1. The number of anilines is 2. The lowest BCUT2D eigenvalue weighted by Gasteiger charge is -2.22. The van der Waals surface area contributed by atoms with Gasteiger partial charge in [-0.25, -0.2) is 0 Å². The fourth-order valence-electron chi connectivity index (χ4n) is 5.53. The molecule has 268 valence electrons. The Morgan fingerprint density at radius 3 is 1.63 bits per heavy atom. The number of halogens is 2. The highest BCUT2D eigenvalue weighted by Crippen LogP contribution is 2.35. The molecule has 2 heterocycles. The Balaban J connectivity index is 0.000000231. The van der Waals surface area contributed by atoms with Gasteiger partial charge in [-0.05, 0) is 76.1 Å². The third-order valence-electron chi connectivity index (χ3n) is 8.29. The van der Waals surface area contributed by atoms with Crippen molar-refractivity contribution in [1.82, 2.24) is 9.13 Å². The molecule has 2 N–H and O–H groups in total. The fraction of sp³-hybridized carbons (Fsp3) is 0.200. The lowest BCUT2D eigenvalue weighted by Crippen LogP contribution is -2.36. The van der Waals surface area contributed by atoms with Gasteiger partial charge < -0.3 is 29.1 Å². The SMILES string of the molecule is [2H]C([2H])([2H])C([2H])([2H])N(C(=O)c1c(O)c2c(Cl)cccc2n(C)c1=O)c1ccc(C)cc1.[2H]c1c([2H])c(N(CC)C(=O)c2c(O)c3c(Cl)cccc3n(C)c2=O)c([2H])c([2H])c1C. The van der Waals surface area contributed by atoms with Gasteiger partial charge in [-0.15, -0.1) is 0 Å². The van der Waals surface area contributed by atoms with Crippen LogP contribution in [0.15, 0.2) is 94.4 Å². The first-order valence-electron chi connectivity index (χ1n) is 20.1. The summed E-state index contributed by atoms with van der Waals surface area (Å²) in [5.74, 6) is -3.58. The van der Waals surface area contributed by atoms with E-state index in [1.165, 1.54) is 55.9 Å². The lowest BCUT2D eigenvalue weighted by atomic mass is 10.1. The lowest BCUT2D eigenvalue weighted by molar-refractivity contribution is 0.0975. The van der Waals surface area contributed by atoms with Crippen LogP contribution in [0.4, 0.5) is 11.4 Å². The average Bonchev–Trinajstić information content (AvgIpc) is 3.19. The second kappa shape index (κ2) is 15.3. The first kappa shape index (κ1) is 27.1. The highest BCUT2D eigenvalue weighted by Gasteiger charge is 2.28. The maximum atomic E-state index is 13.5. The zero-order chi connectivity index (χ0) is 45.8. The summed E-state index contributed by atoms with van der Waals surface area (Å²) in [6, 6.07) is 13.8. The van der Waals surface area contributed by atoms with E-state index in [2.05, 4.69) is 0 Å². The Labute approximate surface area is 322 Å². The molecule has 12 heteroatoms. The van der Waals surface area contributed by atoms with Gasteiger partial charge in [0, 0.05) is 45.4 Å². The Kier molecular flexibility index (Phi) is 8.00. The molecule has 52 heavy (non-hydrogen) atoms. The van der Waals surface area contributed by atoms with Crippen LogP contribution >= 0.6 is 23.2 Å². The minimum absolute atomic E-state index is 0.0212. The fourth-order valence-corrected chi connectivity index (χ4v) is 6.04. The van der Waals surface area contributed by atoms with Crippen LogP contribution in [0.25, 0.3) is 21.8 Å². The van der Waals surface area contributed by atoms with Crippen LogP contribution < -0.4 is 20.9 Å². The van der Waals surface area contributed by atoms with E-state index in [1.54, 1.807) is 44.2 Å². The van der Waals surface area contributed by atoms with E-state index in [9.17, 15) is 29.4 Å². The predicted octanol–water partition coefficient (Wildman–Crippen LogP) is 7.75. The number of nitrogens with zero attached hydrogens (tertiary/aromatic N) is 4. The normalized spacial score (nSPS) is 13.9. The van der Waals surface area contributed by atoms with Crippen molar-refractivity contribution in [2.24, 2.45) is 14.1 Å². The molecule has 0 aliphatic carbocycles. The van der Waals surface area contributed by atoms with Gasteiger partial charge in [0.15, 0.2) is 0 Å². The number of benzene rings is 4. The van der Waals surface area contributed by atoms with E-state index in [0.29, 0.717) is 10.4 Å². The van der Waals surface area contributed by atoms with Crippen LogP contribution in [0, 0.1) is 13.8 Å². The van der Waals surface area contributed by atoms with E-state index in [1.807, 2.05) is 0 Å². The van der Waals surface area contributed by atoms with Gasteiger partial charge in [-0.1, -0.05) is 70.7 Å². The van der Waals surface area contributed by atoms with Gasteiger partial charge in [-0.3, -0.25) is 19.2 Å². The minimum atomic E-state index is -3.25. The maximum absolute atomic E-state index is 13.5. The molecule has 0 saturated carbocycles. The first-order chi connectivity index (χ1) is 28.3. The Bertz CT molecular complexity index is 2870. The molecular weight excluding hydrogens is 703 g/mol. The van der Waals surface area contributed by atoms with E-state index in [0.717, 1.165) is 15.0 Å². The van der Waals surface area contributed by atoms with E-state index < -0.39 is 71.0 Å². The van der Waals surface area contributed by atoms with Gasteiger partial charge >= 0.3 is 0 Å². The molecular formula is C40H38Cl2N4O6. The van der Waals surface area contributed by atoms with Crippen LogP contribution in [-0.2, 0) is 14.1 Å². The number of pyridine rings is 2. The van der Waals surface area contributed by atoms with Crippen molar-refractivity contribution in [2.45, 2.75) is 27.6 Å². The van der Waals surface area contributed by atoms with Crippen LogP contribution in [-0.4, -0.2) is 44.2 Å². The van der Waals surface area contributed by atoms with E-state index in [4.69, 9.17) is 35.5 Å². The van der Waals surface area contributed by atoms with Crippen molar-refractivity contribution in [2.75, 3.05) is 22.8 Å². The number of carbonyl (C=O) groups excluding carboxylic acids is 2. The molecule has 0 saturated heterocycles. The van der Waals surface area contributed by atoms with Gasteiger partial charge in [0.25, 0.3) is 22.9 Å². The molecule has 0 bridgehead atoms. The summed E-state index contributed by atoms with van der Waals surface area (Å²) in [7, 11) is 2.81. The van der Waals surface area contributed by atoms with Crippen molar-refractivity contribution in [3.05, 3.63) is 138 Å². The highest BCUT2D eigenvalue weighted by atomic mass is 35.5. The zero-order valence-electron chi connectivity index (χ0n) is 37.6. The summed E-state index contributed by atoms with van der Waals surface area (Å²) in [6.07, 6.45) is 0. The van der Waals surface area contributed by atoms with Gasteiger partial charge in [0.2, 0.25) is 0 Å². The monoisotopic (exact) mass is 749 g/mol.